The fourth-order valence-electron chi connectivity index (χ4n) is 5.58. The number of hydrogen-bond donors (Lipinski definition) is 0. The molecule has 0 radical (unpaired) electrons. The molecule has 4 heterocycles. The normalized spacial score (nSPS) is 27.4. The quantitative estimate of drug-likeness (QED) is 0.696. The maximum atomic E-state index is 6.07. The molecule has 176 valence electrons. The van der Waals surface area contributed by atoms with E-state index in [1.165, 1.54) is 5.57 Å². The molecule has 4 aliphatic rings. The van der Waals surface area contributed by atoms with E-state index in [1.54, 1.807) is 7.11 Å². The summed E-state index contributed by atoms with van der Waals surface area (Å²) in [4.78, 5) is 15.5. The number of piperidine rings is 1. The molecule has 0 N–H and O–H groups in total. The second-order valence-corrected chi connectivity index (χ2v) is 9.52. The van der Waals surface area contributed by atoms with Crippen LogP contribution in [0.2, 0.25) is 0 Å². The topological polar surface area (TPSA) is 55.1 Å². The van der Waals surface area contributed by atoms with E-state index in [9.17, 15) is 0 Å². The van der Waals surface area contributed by atoms with E-state index in [0.29, 0.717) is 12.1 Å². The zero-order valence-electron chi connectivity index (χ0n) is 19.8. The minimum absolute atomic E-state index is 0.139. The molecule has 7 heteroatoms. The number of likely N-dealkylation sites (tertiary alicyclic amines) is 1. The highest BCUT2D eigenvalue weighted by Crippen LogP contribution is 2.34. The van der Waals surface area contributed by atoms with E-state index in [-0.39, 0.29) is 6.10 Å². The van der Waals surface area contributed by atoms with Crippen molar-refractivity contribution in [2.45, 2.75) is 44.4 Å². The molecule has 2 fully saturated rings. The van der Waals surface area contributed by atoms with Gasteiger partial charge in [0.1, 0.15) is 5.75 Å². The van der Waals surface area contributed by atoms with Gasteiger partial charge in [0.25, 0.3) is 0 Å². The first kappa shape index (κ1) is 21.2. The molecule has 7 nitrogen and oxygen atoms in total. The van der Waals surface area contributed by atoms with E-state index in [2.05, 4.69) is 68.5 Å². The molecular formula is C27H31N5O2. The first-order valence-corrected chi connectivity index (χ1v) is 12.2. The molecule has 6 rings (SSSR count). The van der Waals surface area contributed by atoms with Crippen molar-refractivity contribution in [1.29, 1.82) is 0 Å². The minimum Gasteiger partial charge on any atom is -0.495 e. The molecule has 1 aromatic carbocycles. The van der Waals surface area contributed by atoms with Gasteiger partial charge in [-0.2, -0.15) is 0 Å². The Labute approximate surface area is 200 Å². The summed E-state index contributed by atoms with van der Waals surface area (Å²) in [6.45, 7) is 4.98. The van der Waals surface area contributed by atoms with E-state index < -0.39 is 0 Å². The molecule has 1 aliphatic carbocycles. The number of aryl methyl sites for hydroxylation is 1. The number of hydrogen-bond acceptors (Lipinski definition) is 6. The summed E-state index contributed by atoms with van der Waals surface area (Å²) in [6, 6.07) is 7.13. The Bertz CT molecular complexity index is 1190. The summed E-state index contributed by atoms with van der Waals surface area (Å²) < 4.78 is 7.71. The lowest BCUT2D eigenvalue weighted by Crippen LogP contribution is -2.53. The summed E-state index contributed by atoms with van der Waals surface area (Å²) in [5.74, 6) is 1.82. The van der Waals surface area contributed by atoms with Gasteiger partial charge in [0, 0.05) is 31.9 Å². The monoisotopic (exact) mass is 457 g/mol. The van der Waals surface area contributed by atoms with Crippen LogP contribution in [0.3, 0.4) is 0 Å². The maximum absolute atomic E-state index is 6.07. The Morgan fingerprint density at radius 3 is 2.94 bits per heavy atom. The number of oxime groups is 1. The van der Waals surface area contributed by atoms with Crippen molar-refractivity contribution in [3.05, 3.63) is 71.9 Å². The summed E-state index contributed by atoms with van der Waals surface area (Å²) in [7, 11) is 1.71. The van der Waals surface area contributed by atoms with Crippen LogP contribution >= 0.6 is 0 Å². The number of rotatable bonds is 4. The lowest BCUT2D eigenvalue weighted by atomic mass is 9.97. The van der Waals surface area contributed by atoms with Gasteiger partial charge in [-0.15, -0.1) is 0 Å². The highest BCUT2D eigenvalue weighted by molar-refractivity contribution is 6.03. The van der Waals surface area contributed by atoms with Crippen molar-refractivity contribution in [3.63, 3.8) is 0 Å². The van der Waals surface area contributed by atoms with Crippen LogP contribution in [0, 0.1) is 6.92 Å². The predicted molar refractivity (Wildman–Crippen MR) is 133 cm³/mol. The van der Waals surface area contributed by atoms with Gasteiger partial charge in [0.05, 0.1) is 30.9 Å². The van der Waals surface area contributed by atoms with Crippen molar-refractivity contribution < 1.29 is 9.57 Å². The first-order valence-electron chi connectivity index (χ1n) is 12.2. The van der Waals surface area contributed by atoms with Crippen molar-refractivity contribution in [3.8, 4) is 11.4 Å². The van der Waals surface area contributed by atoms with Crippen LogP contribution in [0.1, 0.15) is 30.5 Å². The minimum atomic E-state index is 0.139. The van der Waals surface area contributed by atoms with E-state index in [0.717, 1.165) is 67.4 Å². The third-order valence-electron chi connectivity index (χ3n) is 7.31. The average molecular weight is 458 g/mol. The van der Waals surface area contributed by atoms with E-state index in [1.807, 2.05) is 24.0 Å². The fraction of sp³-hybridized carbons (Fsp3) is 0.407. The van der Waals surface area contributed by atoms with E-state index >= 15 is 0 Å². The highest BCUT2D eigenvalue weighted by Gasteiger charge is 2.45. The molecule has 0 saturated carbocycles. The zero-order valence-corrected chi connectivity index (χ0v) is 19.8. The molecular weight excluding hydrogens is 426 g/mol. The Balaban J connectivity index is 1.24. The lowest BCUT2D eigenvalue weighted by Gasteiger charge is -2.40. The molecule has 3 aliphatic heterocycles. The second kappa shape index (κ2) is 8.80. The maximum Gasteiger partial charge on any atom is 0.171 e. The Hall–Kier alpha value is -3.32. The van der Waals surface area contributed by atoms with Crippen molar-refractivity contribution >= 4 is 11.9 Å². The first-order chi connectivity index (χ1) is 16.7. The van der Waals surface area contributed by atoms with Gasteiger partial charge in [-0.1, -0.05) is 35.5 Å². The van der Waals surface area contributed by atoms with Crippen LogP contribution < -0.4 is 4.74 Å². The summed E-state index contributed by atoms with van der Waals surface area (Å²) in [6.07, 6.45) is 18.3. The van der Waals surface area contributed by atoms with Crippen LogP contribution in [0.15, 0.2) is 65.8 Å². The van der Waals surface area contributed by atoms with Gasteiger partial charge in [-0.25, -0.2) is 4.98 Å². The Kier molecular flexibility index (Phi) is 5.49. The van der Waals surface area contributed by atoms with Gasteiger partial charge in [-0.3, -0.25) is 4.90 Å². The van der Waals surface area contributed by atoms with Gasteiger partial charge in [0.15, 0.2) is 11.9 Å². The Morgan fingerprint density at radius 2 is 2.15 bits per heavy atom. The smallest absolute Gasteiger partial charge is 0.171 e. The molecule has 2 aromatic rings. The third kappa shape index (κ3) is 3.84. The zero-order chi connectivity index (χ0) is 23.1. The number of aromatic nitrogens is 2. The summed E-state index contributed by atoms with van der Waals surface area (Å²) >= 11 is 0. The number of methoxy groups -OCH3 is 1. The van der Waals surface area contributed by atoms with Crippen molar-refractivity contribution in [2.75, 3.05) is 26.7 Å². The largest absolute Gasteiger partial charge is 0.495 e. The molecule has 2 saturated heterocycles. The fourth-order valence-corrected chi connectivity index (χ4v) is 5.58. The summed E-state index contributed by atoms with van der Waals surface area (Å²) in [5, 5.41) is 4.63. The number of allylic oxidation sites excluding steroid dienone is 2. The van der Waals surface area contributed by atoms with Crippen LogP contribution in [-0.2, 0) is 4.84 Å². The average Bonchev–Trinajstić information content (AvgIpc) is 3.51. The van der Waals surface area contributed by atoms with Crippen LogP contribution in [0.25, 0.3) is 11.8 Å². The van der Waals surface area contributed by atoms with Gasteiger partial charge in [-0.05, 0) is 55.5 Å². The lowest BCUT2D eigenvalue weighted by molar-refractivity contribution is 0.00456. The molecule has 1 aromatic heterocycles. The Morgan fingerprint density at radius 1 is 1.21 bits per heavy atom. The van der Waals surface area contributed by atoms with Crippen molar-refractivity contribution in [1.82, 2.24) is 19.4 Å². The standard InChI is InChI=1S/C27H31N5O2/c1-19-15-31(18-28-19)23-11-10-20(14-25(23)33-2)13-21-7-6-12-32-24-16-30(22-8-4-3-5-9-22)17-26(24)34-29-27(21)32/h3-5,8,10-11,13-15,18,22,24,26H,6-7,9,12,16-17H2,1-2H3. The van der Waals surface area contributed by atoms with Gasteiger partial charge < -0.3 is 19.0 Å². The number of benzene rings is 1. The molecule has 3 atom stereocenters. The molecule has 34 heavy (non-hydrogen) atoms. The van der Waals surface area contributed by atoms with Gasteiger partial charge in [0.2, 0.25) is 0 Å². The van der Waals surface area contributed by atoms with Crippen molar-refractivity contribution in [2.24, 2.45) is 5.16 Å². The highest BCUT2D eigenvalue weighted by atomic mass is 16.6. The summed E-state index contributed by atoms with van der Waals surface area (Å²) in [5.41, 5.74) is 4.29. The number of ether oxygens (including phenoxy) is 1. The second-order valence-electron chi connectivity index (χ2n) is 9.52. The van der Waals surface area contributed by atoms with Crippen LogP contribution in [-0.4, -0.2) is 70.1 Å². The molecule has 0 amide bonds. The van der Waals surface area contributed by atoms with Crippen LogP contribution in [0.4, 0.5) is 0 Å². The number of amidine groups is 1. The number of nitrogens with zero attached hydrogens (tertiary/aromatic N) is 5. The van der Waals surface area contributed by atoms with Gasteiger partial charge >= 0.3 is 0 Å². The third-order valence-corrected chi connectivity index (χ3v) is 7.31. The number of fused-ring (bicyclic) bond motifs is 3. The molecule has 0 spiro atoms. The SMILES string of the molecule is COc1cc(C=C2CCCN3C2=NOC2CN(C4C=CC=CC4)CC23)ccc1-n1cnc(C)c1. The van der Waals surface area contributed by atoms with E-state index in [4.69, 9.17) is 9.57 Å². The van der Waals surface area contributed by atoms with Crippen LogP contribution in [0.5, 0.6) is 5.75 Å². The molecule has 3 unspecified atom stereocenters. The number of imidazole rings is 1. The predicted octanol–water partition coefficient (Wildman–Crippen LogP) is 3.95. The molecule has 0 bridgehead atoms.